The number of rotatable bonds is 4. The van der Waals surface area contributed by atoms with E-state index in [-0.39, 0.29) is 11.7 Å². The highest BCUT2D eigenvalue weighted by atomic mass is 35.5. The molecule has 6 heteroatoms. The molecule has 0 spiro atoms. The highest BCUT2D eigenvalue weighted by molar-refractivity contribution is 8.26. The summed E-state index contributed by atoms with van der Waals surface area (Å²) >= 11 is 12.2. The fourth-order valence-electron chi connectivity index (χ4n) is 2.20. The zero-order chi connectivity index (χ0) is 17.8. The minimum atomic E-state index is -0.177. The summed E-state index contributed by atoms with van der Waals surface area (Å²) in [6.07, 6.45) is 5.00. The van der Waals surface area contributed by atoms with Crippen LogP contribution >= 0.6 is 35.6 Å². The second-order valence-corrected chi connectivity index (χ2v) is 7.32. The number of nitrogens with one attached hydrogen (secondary N) is 1. The van der Waals surface area contributed by atoms with Crippen LogP contribution in [-0.4, -0.2) is 16.0 Å². The van der Waals surface area contributed by atoms with Crippen molar-refractivity contribution < 1.29 is 9.59 Å². The summed E-state index contributed by atoms with van der Waals surface area (Å²) in [5.74, 6) is -0.325. The molecule has 0 saturated carbocycles. The van der Waals surface area contributed by atoms with Crippen LogP contribution in [0.4, 0.5) is 0 Å². The van der Waals surface area contributed by atoms with Gasteiger partial charge in [0, 0.05) is 5.56 Å². The molecule has 1 saturated heterocycles. The summed E-state index contributed by atoms with van der Waals surface area (Å²) in [5.41, 5.74) is 2.24. The van der Waals surface area contributed by atoms with Gasteiger partial charge in [0.1, 0.15) is 4.32 Å². The summed E-state index contributed by atoms with van der Waals surface area (Å²) in [6, 6.07) is 14.4. The van der Waals surface area contributed by atoms with Crippen LogP contribution in [0.5, 0.6) is 0 Å². The van der Waals surface area contributed by atoms with Crippen LogP contribution in [0.15, 0.2) is 59.5 Å². The van der Waals surface area contributed by atoms with Gasteiger partial charge in [-0.3, -0.25) is 9.59 Å². The van der Waals surface area contributed by atoms with E-state index in [4.69, 9.17) is 23.8 Å². The number of allylic oxidation sites excluding steroid dienone is 1. The largest absolute Gasteiger partial charge is 0.307 e. The van der Waals surface area contributed by atoms with E-state index in [1.807, 2.05) is 24.3 Å². The molecule has 124 valence electrons. The maximum Gasteiger partial charge on any atom is 0.263 e. The number of carbonyl (C=O) groups is 2. The van der Waals surface area contributed by atoms with Gasteiger partial charge < -0.3 is 5.32 Å². The second kappa shape index (κ2) is 7.78. The lowest BCUT2D eigenvalue weighted by Gasteiger charge is -1.99. The Morgan fingerprint density at radius 2 is 1.76 bits per heavy atom. The van der Waals surface area contributed by atoms with Crippen LogP contribution in [-0.2, 0) is 4.79 Å². The third-order valence-corrected chi connectivity index (χ3v) is 4.94. The Bertz CT molecular complexity index is 917. The average Bonchev–Trinajstić information content (AvgIpc) is 2.91. The molecule has 0 aliphatic carbocycles. The summed E-state index contributed by atoms with van der Waals surface area (Å²) in [6.45, 7) is 0. The molecular weight excluding hydrogens is 374 g/mol. The Morgan fingerprint density at radius 1 is 1.08 bits per heavy atom. The van der Waals surface area contributed by atoms with E-state index < -0.39 is 0 Å². The normalized spacial score (nSPS) is 15.8. The number of benzene rings is 2. The lowest BCUT2D eigenvalue weighted by atomic mass is 10.1. The van der Waals surface area contributed by atoms with E-state index in [1.165, 1.54) is 17.8 Å². The number of amides is 1. The van der Waals surface area contributed by atoms with Gasteiger partial charge in [-0.05, 0) is 35.4 Å². The molecule has 3 nitrogen and oxygen atoms in total. The summed E-state index contributed by atoms with van der Waals surface area (Å²) in [7, 11) is 0. The molecule has 0 radical (unpaired) electrons. The van der Waals surface area contributed by atoms with Gasteiger partial charge >= 0.3 is 0 Å². The van der Waals surface area contributed by atoms with Crippen molar-refractivity contribution in [2.24, 2.45) is 0 Å². The van der Waals surface area contributed by atoms with Crippen molar-refractivity contribution in [3.8, 4) is 0 Å². The van der Waals surface area contributed by atoms with Crippen LogP contribution in [0.25, 0.3) is 12.2 Å². The highest BCUT2D eigenvalue weighted by Gasteiger charge is 2.21. The number of hydrogen-bond donors (Lipinski definition) is 1. The molecule has 0 unspecified atom stereocenters. The van der Waals surface area contributed by atoms with Crippen LogP contribution < -0.4 is 5.32 Å². The molecular formula is C19H12ClNO2S2. The van der Waals surface area contributed by atoms with E-state index in [0.29, 0.717) is 19.8 Å². The van der Waals surface area contributed by atoms with E-state index in [9.17, 15) is 9.59 Å². The van der Waals surface area contributed by atoms with Crippen molar-refractivity contribution in [2.75, 3.05) is 0 Å². The predicted molar refractivity (Wildman–Crippen MR) is 108 cm³/mol. The van der Waals surface area contributed by atoms with Crippen LogP contribution in [0.1, 0.15) is 21.5 Å². The Balaban J connectivity index is 1.72. The number of halogens is 1. The molecule has 1 aliphatic heterocycles. The van der Waals surface area contributed by atoms with E-state index in [1.54, 1.807) is 36.4 Å². The Hall–Kier alpha value is -2.21. The van der Waals surface area contributed by atoms with Gasteiger partial charge in [0.05, 0.1) is 9.93 Å². The zero-order valence-corrected chi connectivity index (χ0v) is 15.3. The van der Waals surface area contributed by atoms with Crippen molar-refractivity contribution in [3.63, 3.8) is 0 Å². The smallest absolute Gasteiger partial charge is 0.263 e. The molecule has 0 aromatic heterocycles. The van der Waals surface area contributed by atoms with Gasteiger partial charge in [0.15, 0.2) is 5.78 Å². The number of hydrogen-bond acceptors (Lipinski definition) is 4. The molecule has 1 heterocycles. The molecule has 3 rings (SSSR count). The first-order valence-corrected chi connectivity index (χ1v) is 8.95. The minimum Gasteiger partial charge on any atom is -0.307 e. The zero-order valence-electron chi connectivity index (χ0n) is 12.9. The molecule has 1 amide bonds. The summed E-state index contributed by atoms with van der Waals surface area (Å²) < 4.78 is 0.467. The SMILES string of the molecule is O=C1NC(=S)S/C1=C/c1ccc(/C=C/C(=O)c2ccccc2Cl)cc1. The molecule has 1 N–H and O–H groups in total. The van der Waals surface area contributed by atoms with E-state index in [0.717, 1.165) is 11.1 Å². The van der Waals surface area contributed by atoms with Crippen molar-refractivity contribution in [3.05, 3.63) is 81.2 Å². The van der Waals surface area contributed by atoms with Gasteiger partial charge in [-0.25, -0.2) is 0 Å². The molecule has 0 atom stereocenters. The van der Waals surface area contributed by atoms with Crippen LogP contribution in [0.3, 0.4) is 0 Å². The number of thioether (sulfide) groups is 1. The number of ketones is 1. The fraction of sp³-hybridized carbons (Fsp3) is 0. The third kappa shape index (κ3) is 4.45. The third-order valence-electron chi connectivity index (χ3n) is 3.44. The number of carbonyl (C=O) groups excluding carboxylic acids is 2. The second-order valence-electron chi connectivity index (χ2n) is 5.20. The first kappa shape index (κ1) is 17.6. The minimum absolute atomic E-state index is 0.149. The van der Waals surface area contributed by atoms with Gasteiger partial charge in [-0.2, -0.15) is 0 Å². The Morgan fingerprint density at radius 3 is 2.40 bits per heavy atom. The van der Waals surface area contributed by atoms with Gasteiger partial charge in [0.2, 0.25) is 0 Å². The first-order chi connectivity index (χ1) is 12.0. The summed E-state index contributed by atoms with van der Waals surface area (Å²) in [5, 5.41) is 3.01. The van der Waals surface area contributed by atoms with Crippen molar-refractivity contribution >= 4 is 63.7 Å². The monoisotopic (exact) mass is 385 g/mol. The van der Waals surface area contributed by atoms with Gasteiger partial charge in [-0.15, -0.1) is 0 Å². The highest BCUT2D eigenvalue weighted by Crippen LogP contribution is 2.26. The molecule has 2 aromatic carbocycles. The van der Waals surface area contributed by atoms with E-state index >= 15 is 0 Å². The topological polar surface area (TPSA) is 46.2 Å². The molecule has 1 fully saturated rings. The first-order valence-electron chi connectivity index (χ1n) is 7.35. The Kier molecular flexibility index (Phi) is 5.48. The maximum atomic E-state index is 12.2. The van der Waals surface area contributed by atoms with Crippen LogP contribution in [0.2, 0.25) is 5.02 Å². The summed E-state index contributed by atoms with van der Waals surface area (Å²) in [4.78, 5) is 24.4. The molecule has 1 aliphatic rings. The van der Waals surface area contributed by atoms with E-state index in [2.05, 4.69) is 5.32 Å². The maximum absolute atomic E-state index is 12.2. The Labute approximate surface area is 159 Å². The van der Waals surface area contributed by atoms with Crippen molar-refractivity contribution in [1.82, 2.24) is 5.32 Å². The standard InChI is InChI=1S/C19H12ClNO2S2/c20-15-4-2-1-3-14(15)16(22)10-9-12-5-7-13(8-6-12)11-17-18(23)21-19(24)25-17/h1-11H,(H,21,23,24)/b10-9+,17-11+. The lowest BCUT2D eigenvalue weighted by Crippen LogP contribution is -2.17. The van der Waals surface area contributed by atoms with Gasteiger partial charge in [0.25, 0.3) is 5.91 Å². The van der Waals surface area contributed by atoms with Crippen molar-refractivity contribution in [2.45, 2.75) is 0 Å². The van der Waals surface area contributed by atoms with Crippen LogP contribution in [0, 0.1) is 0 Å². The number of thiocarbonyl (C=S) groups is 1. The molecule has 25 heavy (non-hydrogen) atoms. The molecule has 0 bridgehead atoms. The molecule has 2 aromatic rings. The predicted octanol–water partition coefficient (Wildman–Crippen LogP) is 4.72. The lowest BCUT2D eigenvalue weighted by molar-refractivity contribution is -0.115. The average molecular weight is 386 g/mol. The van der Waals surface area contributed by atoms with Crippen molar-refractivity contribution in [1.29, 1.82) is 0 Å². The van der Waals surface area contributed by atoms with Gasteiger partial charge in [-0.1, -0.05) is 78.1 Å². The fourth-order valence-corrected chi connectivity index (χ4v) is 3.47. The quantitative estimate of drug-likeness (QED) is 0.469.